The number of methoxy groups -OCH3 is 4. The van der Waals surface area contributed by atoms with Gasteiger partial charge in [0, 0.05) is 5.56 Å². The smallest absolute Gasteiger partial charge is 0.496 e. The van der Waals surface area contributed by atoms with Crippen molar-refractivity contribution in [1.29, 1.82) is 0 Å². The number of carbonyl (C=O) groups excluding carboxylic acids is 3. The number of Topliss-reactive ketones (excluding diaryl/α,β-unsaturated/α-hetero) is 1. The summed E-state index contributed by atoms with van der Waals surface area (Å²) in [5.74, 6) is 0.549. The Morgan fingerprint density at radius 2 is 1.02 bits per heavy atom. The summed E-state index contributed by atoms with van der Waals surface area (Å²) in [7, 11) is 2.47. The van der Waals surface area contributed by atoms with Crippen LogP contribution < -0.4 is 18.9 Å². The van der Waals surface area contributed by atoms with E-state index in [1.165, 1.54) is 52.7 Å². The quantitative estimate of drug-likeness (QED) is 0.200. The van der Waals surface area contributed by atoms with E-state index in [1.54, 1.807) is 24.3 Å². The number of benzene rings is 3. The lowest BCUT2D eigenvalue weighted by molar-refractivity contribution is 0.0116. The molecule has 0 unspecified atom stereocenters. The van der Waals surface area contributed by atoms with E-state index in [4.69, 9.17) is 18.9 Å². The second kappa shape index (κ2) is 15.8. The van der Waals surface area contributed by atoms with E-state index in [0.29, 0.717) is 18.4 Å². The van der Waals surface area contributed by atoms with Gasteiger partial charge in [0.15, 0.2) is 16.9 Å². The monoisotopic (exact) mass is 597 g/mol. The van der Waals surface area contributed by atoms with Gasteiger partial charge in [0.1, 0.15) is 28.6 Å². The van der Waals surface area contributed by atoms with Crippen molar-refractivity contribution < 1.29 is 43.0 Å². The molecule has 0 heterocycles. The highest BCUT2D eigenvalue weighted by atomic mass is 31.1. The van der Waals surface area contributed by atoms with Crippen molar-refractivity contribution in [3.63, 3.8) is 0 Å². The average molecular weight is 598 g/mol. The SMILES string of the molecule is C.COc1cccc(OC)c1C(=O)[P+](=O)C(=O)c1c(OC)cccc1OC.O=C(c1ccccc1)C1(O)CCCCC1. The van der Waals surface area contributed by atoms with Crippen LogP contribution in [-0.2, 0) is 4.57 Å². The molecule has 10 heteroatoms. The molecule has 0 spiro atoms. The van der Waals surface area contributed by atoms with Gasteiger partial charge in [0.05, 0.1) is 28.4 Å². The minimum atomic E-state index is -2.99. The molecule has 0 saturated heterocycles. The summed E-state index contributed by atoms with van der Waals surface area (Å²) in [5, 5.41) is 10.2. The number of hydrogen-bond donors (Lipinski definition) is 1. The van der Waals surface area contributed by atoms with Crippen LogP contribution in [0.5, 0.6) is 23.0 Å². The Morgan fingerprint density at radius 3 is 1.38 bits per heavy atom. The van der Waals surface area contributed by atoms with E-state index >= 15 is 0 Å². The Kier molecular flexibility index (Phi) is 12.8. The molecule has 3 aromatic rings. The third-order valence-electron chi connectivity index (χ3n) is 6.79. The van der Waals surface area contributed by atoms with Crippen molar-refractivity contribution in [1.82, 2.24) is 0 Å². The molecule has 1 aliphatic rings. The Hall–Kier alpha value is -4.07. The topological polar surface area (TPSA) is 125 Å². The maximum absolute atomic E-state index is 12.8. The predicted molar refractivity (Wildman–Crippen MR) is 161 cm³/mol. The molecule has 1 saturated carbocycles. The summed E-state index contributed by atoms with van der Waals surface area (Å²) in [6.07, 6.45) is 4.26. The zero-order chi connectivity index (χ0) is 30.0. The van der Waals surface area contributed by atoms with Crippen molar-refractivity contribution in [2.24, 2.45) is 0 Å². The molecule has 3 aromatic carbocycles. The van der Waals surface area contributed by atoms with Crippen molar-refractivity contribution in [3.8, 4) is 23.0 Å². The number of hydrogen-bond acceptors (Lipinski definition) is 9. The zero-order valence-electron chi connectivity index (χ0n) is 23.5. The van der Waals surface area contributed by atoms with Gasteiger partial charge in [0.25, 0.3) is 0 Å². The summed E-state index contributed by atoms with van der Waals surface area (Å²) in [5.41, 5.74) is -2.37. The number of ether oxygens (including phenoxy) is 4. The molecule has 0 bridgehead atoms. The predicted octanol–water partition coefficient (Wildman–Crippen LogP) is 6.73. The van der Waals surface area contributed by atoms with Crippen LogP contribution in [0.2, 0.25) is 0 Å². The first-order valence-corrected chi connectivity index (χ1v) is 14.3. The molecule has 224 valence electrons. The standard InChI is InChI=1S/C18H18O7P.C13H16O2.CH4/c1-22-11-7-5-8-12(23-2)15(11)17(19)26(21)18(20)16-13(24-3)9-6-10-14(16)25-4;14-12(11-7-3-1-4-8-11)13(15)9-5-2-6-10-13;/h5-10H,1-4H3;1,3-4,7-8,15H,2,5-6,9-10H2;1H4/q+1;;. The Balaban J connectivity index is 0.000000327. The number of rotatable bonds is 10. The highest BCUT2D eigenvalue weighted by molar-refractivity contribution is 7.80. The van der Waals surface area contributed by atoms with Crippen LogP contribution in [0.1, 0.15) is 70.6 Å². The van der Waals surface area contributed by atoms with Crippen molar-refractivity contribution in [3.05, 3.63) is 83.4 Å². The highest BCUT2D eigenvalue weighted by Gasteiger charge is 2.46. The number of ketones is 1. The van der Waals surface area contributed by atoms with Gasteiger partial charge in [-0.05, 0) is 37.1 Å². The van der Waals surface area contributed by atoms with Gasteiger partial charge in [-0.25, -0.2) is 9.59 Å². The highest BCUT2D eigenvalue weighted by Crippen LogP contribution is 2.43. The van der Waals surface area contributed by atoms with Crippen LogP contribution in [0.15, 0.2) is 66.7 Å². The third kappa shape index (κ3) is 7.60. The van der Waals surface area contributed by atoms with Crippen LogP contribution in [0.3, 0.4) is 0 Å². The largest absolute Gasteiger partial charge is 0.502 e. The van der Waals surface area contributed by atoms with Gasteiger partial charge < -0.3 is 24.1 Å². The number of carbonyl (C=O) groups is 3. The van der Waals surface area contributed by atoms with E-state index in [0.717, 1.165) is 19.3 Å². The second-order valence-corrected chi connectivity index (χ2v) is 10.7. The fraction of sp³-hybridized carbons (Fsp3) is 0.344. The van der Waals surface area contributed by atoms with Gasteiger partial charge in [-0.1, -0.05) is 73.7 Å². The molecule has 1 fully saturated rings. The lowest BCUT2D eigenvalue weighted by Gasteiger charge is -2.30. The molecule has 0 aromatic heterocycles. The first-order valence-electron chi connectivity index (χ1n) is 13.0. The summed E-state index contributed by atoms with van der Waals surface area (Å²) >= 11 is 0. The molecule has 4 rings (SSSR count). The van der Waals surface area contributed by atoms with E-state index < -0.39 is 24.5 Å². The van der Waals surface area contributed by atoms with Gasteiger partial charge in [-0.3, -0.25) is 4.79 Å². The van der Waals surface area contributed by atoms with E-state index in [2.05, 4.69) is 0 Å². The zero-order valence-corrected chi connectivity index (χ0v) is 24.4. The molecular weight excluding hydrogens is 559 g/mol. The lowest BCUT2D eigenvalue weighted by Crippen LogP contribution is -2.40. The van der Waals surface area contributed by atoms with Crippen LogP contribution in [0, 0.1) is 0 Å². The third-order valence-corrected chi connectivity index (χ3v) is 7.98. The lowest BCUT2D eigenvalue weighted by atomic mass is 9.79. The summed E-state index contributed by atoms with van der Waals surface area (Å²) < 4.78 is 33.3. The maximum Gasteiger partial charge on any atom is 0.502 e. The Labute approximate surface area is 247 Å². The van der Waals surface area contributed by atoms with Gasteiger partial charge >= 0.3 is 18.8 Å². The van der Waals surface area contributed by atoms with Crippen molar-refractivity contribution >= 4 is 24.6 Å². The normalized spacial score (nSPS) is 13.3. The van der Waals surface area contributed by atoms with Crippen LogP contribution in [-0.4, -0.2) is 56.0 Å². The molecule has 42 heavy (non-hydrogen) atoms. The fourth-order valence-corrected chi connectivity index (χ4v) is 5.67. The van der Waals surface area contributed by atoms with Gasteiger partial charge in [0.2, 0.25) is 0 Å². The molecule has 0 atom stereocenters. The fourth-order valence-electron chi connectivity index (χ4n) is 4.64. The molecule has 1 N–H and O–H groups in total. The minimum absolute atomic E-state index is 0. The van der Waals surface area contributed by atoms with E-state index in [-0.39, 0.29) is 47.3 Å². The first kappa shape index (κ1) is 34.1. The molecule has 9 nitrogen and oxygen atoms in total. The summed E-state index contributed by atoms with van der Waals surface area (Å²) in [4.78, 5) is 37.6. The van der Waals surface area contributed by atoms with Crippen LogP contribution in [0.4, 0.5) is 0 Å². The van der Waals surface area contributed by atoms with Crippen LogP contribution >= 0.6 is 7.80 Å². The molecular formula is C32H38O9P+. The summed E-state index contributed by atoms with van der Waals surface area (Å²) in [6.45, 7) is 0. The van der Waals surface area contributed by atoms with Crippen molar-refractivity contribution in [2.75, 3.05) is 28.4 Å². The average Bonchev–Trinajstić information content (AvgIpc) is 3.03. The minimum Gasteiger partial charge on any atom is -0.496 e. The molecule has 0 amide bonds. The Morgan fingerprint density at radius 1 is 0.643 bits per heavy atom. The maximum atomic E-state index is 12.8. The molecule has 0 aliphatic heterocycles. The summed E-state index contributed by atoms with van der Waals surface area (Å²) in [6, 6.07) is 18.4. The van der Waals surface area contributed by atoms with E-state index in [9.17, 15) is 24.1 Å². The second-order valence-electron chi connectivity index (χ2n) is 9.27. The van der Waals surface area contributed by atoms with Gasteiger partial charge in [-0.2, -0.15) is 0 Å². The molecule has 0 radical (unpaired) electrons. The molecule has 1 aliphatic carbocycles. The number of aliphatic hydroxyl groups is 1. The van der Waals surface area contributed by atoms with Gasteiger partial charge in [-0.15, -0.1) is 0 Å². The first-order chi connectivity index (χ1) is 19.7. The van der Waals surface area contributed by atoms with E-state index in [1.807, 2.05) is 18.2 Å². The van der Waals surface area contributed by atoms with Crippen LogP contribution in [0.25, 0.3) is 0 Å². The van der Waals surface area contributed by atoms with Crippen molar-refractivity contribution in [2.45, 2.75) is 45.1 Å². The Bertz CT molecular complexity index is 1280.